The molecule has 1 aromatic heterocycles. The molecule has 0 bridgehead atoms. The zero-order valence-electron chi connectivity index (χ0n) is 28.5. The van der Waals surface area contributed by atoms with Crippen molar-refractivity contribution in [2.24, 2.45) is 16.1 Å². The van der Waals surface area contributed by atoms with Gasteiger partial charge in [-0.2, -0.15) is 5.10 Å². The number of nitrogens with two attached hydrogens (primary N) is 2. The Hall–Kier alpha value is -6.08. The van der Waals surface area contributed by atoms with E-state index in [9.17, 15) is 54.0 Å². The number of nitrogen functional groups attached to an aromatic ring is 1. The Morgan fingerprint density at radius 3 is 2.45 bits per heavy atom. The molecule has 55 heavy (non-hydrogen) atoms. The molecule has 0 unspecified atom stereocenters. The lowest BCUT2D eigenvalue weighted by Crippen LogP contribution is -2.68. The van der Waals surface area contributed by atoms with E-state index in [1.165, 1.54) is 25.3 Å². The van der Waals surface area contributed by atoms with Crippen LogP contribution >= 0.6 is 34.7 Å². The molecule has 3 aliphatic heterocycles. The first-order valence-corrected chi connectivity index (χ1v) is 17.9. The molecule has 0 spiro atoms. The Morgan fingerprint density at radius 2 is 1.84 bits per heavy atom. The quantitative estimate of drug-likeness (QED) is 0.0333. The fourth-order valence-electron chi connectivity index (χ4n) is 5.36. The van der Waals surface area contributed by atoms with Gasteiger partial charge in [0, 0.05) is 30.5 Å². The van der Waals surface area contributed by atoms with Crippen molar-refractivity contribution < 1.29 is 58.8 Å². The number of carboxylic acids is 2. The molecule has 5 rings (SSSR count). The number of nitrogens with one attached hydrogen (secondary N) is 3. The van der Waals surface area contributed by atoms with E-state index >= 15 is 0 Å². The highest BCUT2D eigenvalue weighted by Gasteiger charge is 2.66. The monoisotopic (exact) mass is 825 g/mol. The number of hydrazine groups is 1. The van der Waals surface area contributed by atoms with E-state index in [-0.39, 0.29) is 42.4 Å². The van der Waals surface area contributed by atoms with E-state index in [1.807, 2.05) is 0 Å². The van der Waals surface area contributed by atoms with Gasteiger partial charge in [-0.1, -0.05) is 28.5 Å². The standard InChI is InChI=1S/C29H32ClN11O12S2/c1-28(2,24(48)49)53-38-17(12-9-54-26(31)34-12)21(46)35-18-22(47)39-10-29(25(50)51,55-23(18)39)40-7-8-41(27(40)52)37-14(43)5-6-33-20(45)16(36-32)11-3-4-13(42)19(44)15(11)30/h3-4,9,18,23,42,44H,5-8,10,32H2,1-2H3,(H2,31,34)(H,33,45)(H,35,46)(H,37,43)(H,48,49)(H,50,51)/b36-16-,38-17-/t18-,23-,29-/m1/s1. The highest BCUT2D eigenvalue weighted by Crippen LogP contribution is 2.49. The average Bonchev–Trinajstić information content (AvgIpc) is 3.83. The SMILES string of the molecule is CC(C)(O/N=C(\C(=O)N[C@@H]1C(=O)N2C[C@@](C(=O)O)(N3CCN(NC(=O)CCNC(=O)/C(=N\N)c4ccc(O)c(O)c4Cl)C3=O)S[C@H]12)c1csc(N)n1)C(=O)O. The Labute approximate surface area is 322 Å². The van der Waals surface area contributed by atoms with Crippen molar-refractivity contribution in [2.45, 2.75) is 42.2 Å². The van der Waals surface area contributed by atoms with Gasteiger partial charge in [0.15, 0.2) is 28.1 Å². The number of halogens is 1. The number of fused-ring (bicyclic) bond motifs is 1. The number of carbonyl (C=O) groups excluding carboxylic acids is 5. The molecule has 1 aromatic carbocycles. The lowest BCUT2D eigenvalue weighted by Gasteiger charge is -2.41. The first-order valence-electron chi connectivity index (χ1n) is 15.7. The number of phenols is 2. The number of aromatic nitrogens is 1. The van der Waals surface area contributed by atoms with E-state index in [0.717, 1.165) is 32.2 Å². The summed E-state index contributed by atoms with van der Waals surface area (Å²) in [6.07, 6.45) is -0.371. The van der Waals surface area contributed by atoms with Crippen LogP contribution in [0.15, 0.2) is 27.8 Å². The van der Waals surface area contributed by atoms with Crippen molar-refractivity contribution in [1.82, 2.24) is 35.9 Å². The highest BCUT2D eigenvalue weighted by atomic mass is 35.5. The normalized spacial score (nSPS) is 21.2. The fourth-order valence-corrected chi connectivity index (χ4v) is 7.79. The number of thioether (sulfide) groups is 1. The number of aromatic hydroxyl groups is 2. The number of amides is 6. The van der Waals surface area contributed by atoms with Crippen LogP contribution in [0.2, 0.25) is 5.02 Å². The number of oxime groups is 1. The Bertz CT molecular complexity index is 2040. The van der Waals surface area contributed by atoms with E-state index in [4.69, 9.17) is 28.0 Å². The van der Waals surface area contributed by atoms with Gasteiger partial charge in [-0.3, -0.25) is 29.5 Å². The van der Waals surface area contributed by atoms with Crippen molar-refractivity contribution in [3.63, 3.8) is 0 Å². The van der Waals surface area contributed by atoms with Crippen molar-refractivity contribution in [3.8, 4) is 11.5 Å². The second-order valence-electron chi connectivity index (χ2n) is 12.3. The minimum Gasteiger partial charge on any atom is -0.504 e. The lowest BCUT2D eigenvalue weighted by molar-refractivity contribution is -0.161. The van der Waals surface area contributed by atoms with Gasteiger partial charge in [0.05, 0.1) is 18.1 Å². The molecular formula is C29H32ClN11O12S2. The van der Waals surface area contributed by atoms with E-state index < -0.39 is 98.0 Å². The summed E-state index contributed by atoms with van der Waals surface area (Å²) in [5, 5.41) is 52.0. The number of phenolic OH excluding ortho intramolecular Hbond substituents is 2. The summed E-state index contributed by atoms with van der Waals surface area (Å²) >= 11 is 7.65. The molecule has 0 aliphatic carbocycles. The molecule has 11 N–H and O–H groups in total. The minimum atomic E-state index is -2.03. The molecule has 3 aliphatic rings. The number of hydrogen-bond acceptors (Lipinski definition) is 17. The molecule has 3 atom stereocenters. The second-order valence-corrected chi connectivity index (χ2v) is 15.0. The maximum Gasteiger partial charge on any atom is 0.350 e. The molecule has 2 aromatic rings. The van der Waals surface area contributed by atoms with Gasteiger partial charge in [0.25, 0.3) is 11.8 Å². The summed E-state index contributed by atoms with van der Waals surface area (Å²) in [5.74, 6) is -2.10. The summed E-state index contributed by atoms with van der Waals surface area (Å²) in [7, 11) is 0. The number of hydrogen-bond donors (Lipinski definition) is 9. The first kappa shape index (κ1) is 40.1. The number of rotatable bonds is 14. The molecule has 23 nitrogen and oxygen atoms in total. The number of thiazole rings is 1. The number of nitrogens with zero attached hydrogens (tertiary/aromatic N) is 6. The third kappa shape index (κ3) is 7.65. The van der Waals surface area contributed by atoms with Gasteiger partial charge >= 0.3 is 18.0 Å². The van der Waals surface area contributed by atoms with Crippen LogP contribution in [-0.2, 0) is 33.6 Å². The van der Waals surface area contributed by atoms with E-state index in [2.05, 4.69) is 31.3 Å². The number of urea groups is 1. The predicted molar refractivity (Wildman–Crippen MR) is 191 cm³/mol. The zero-order chi connectivity index (χ0) is 40.6. The van der Waals surface area contributed by atoms with Crippen LogP contribution in [0.25, 0.3) is 0 Å². The van der Waals surface area contributed by atoms with Gasteiger partial charge < -0.3 is 52.4 Å². The average molecular weight is 826 g/mol. The largest absolute Gasteiger partial charge is 0.504 e. The van der Waals surface area contributed by atoms with Gasteiger partial charge in [-0.15, -0.1) is 11.3 Å². The van der Waals surface area contributed by atoms with Gasteiger partial charge in [0.1, 0.15) is 17.1 Å². The summed E-state index contributed by atoms with van der Waals surface area (Å²) in [5.41, 5.74) is 5.08. The van der Waals surface area contributed by atoms with Crippen molar-refractivity contribution in [1.29, 1.82) is 0 Å². The molecular weight excluding hydrogens is 794 g/mol. The van der Waals surface area contributed by atoms with Crippen molar-refractivity contribution in [2.75, 3.05) is 31.9 Å². The molecule has 4 heterocycles. The number of benzene rings is 1. The van der Waals surface area contributed by atoms with Crippen molar-refractivity contribution in [3.05, 3.63) is 33.8 Å². The maximum absolute atomic E-state index is 13.5. The number of anilines is 1. The van der Waals surface area contributed by atoms with Crippen LogP contribution < -0.4 is 27.6 Å². The third-order valence-corrected chi connectivity index (χ3v) is 11.1. The molecule has 0 radical (unpaired) electrons. The number of carboxylic acid groups (broad SMARTS) is 2. The third-order valence-electron chi connectivity index (χ3n) is 8.36. The topological polar surface area (TPSA) is 345 Å². The first-order chi connectivity index (χ1) is 25.8. The minimum absolute atomic E-state index is 0.0510. The molecule has 3 fully saturated rings. The van der Waals surface area contributed by atoms with Crippen LogP contribution in [0.1, 0.15) is 31.5 Å². The Morgan fingerprint density at radius 1 is 1.13 bits per heavy atom. The number of carbonyl (C=O) groups is 7. The molecule has 26 heteroatoms. The summed E-state index contributed by atoms with van der Waals surface area (Å²) in [4.78, 5) is 98.9. The molecule has 294 valence electrons. The number of β-lactam (4-membered cyclic amide) rings is 1. The summed E-state index contributed by atoms with van der Waals surface area (Å²) in [6.45, 7) is 1.28. The van der Waals surface area contributed by atoms with Crippen LogP contribution in [0.3, 0.4) is 0 Å². The smallest absolute Gasteiger partial charge is 0.350 e. The lowest BCUT2D eigenvalue weighted by atomic mass is 10.1. The van der Waals surface area contributed by atoms with E-state index in [1.54, 1.807) is 0 Å². The highest BCUT2D eigenvalue weighted by molar-refractivity contribution is 8.02. The van der Waals surface area contributed by atoms with Crippen LogP contribution in [-0.4, -0.2) is 141 Å². The van der Waals surface area contributed by atoms with Crippen LogP contribution in [0.5, 0.6) is 11.5 Å². The number of aliphatic carboxylic acids is 2. The van der Waals surface area contributed by atoms with Crippen molar-refractivity contribution >= 4 is 92.9 Å². The fraction of sp³-hybridized carbons (Fsp3) is 0.379. The van der Waals surface area contributed by atoms with E-state index in [0.29, 0.717) is 11.8 Å². The zero-order valence-corrected chi connectivity index (χ0v) is 30.9. The summed E-state index contributed by atoms with van der Waals surface area (Å²) < 4.78 is 0. The van der Waals surface area contributed by atoms with Gasteiger partial charge in [-0.25, -0.2) is 24.4 Å². The van der Waals surface area contributed by atoms with Gasteiger partial charge in [-0.05, 0) is 26.0 Å². The number of hydrazone groups is 1. The predicted octanol–water partition coefficient (Wildman–Crippen LogP) is -1.81. The molecule has 3 saturated heterocycles. The Balaban J connectivity index is 1.20. The Kier molecular flexibility index (Phi) is 11.2. The molecule has 6 amide bonds. The second kappa shape index (κ2) is 15.3. The maximum atomic E-state index is 13.5. The van der Waals surface area contributed by atoms with Crippen LogP contribution in [0, 0.1) is 0 Å². The summed E-state index contributed by atoms with van der Waals surface area (Å²) in [6, 6.07) is 0.0507. The van der Waals surface area contributed by atoms with Crippen LogP contribution in [0.4, 0.5) is 9.93 Å². The van der Waals surface area contributed by atoms with Gasteiger partial charge in [0.2, 0.25) is 22.3 Å². The molecule has 0 saturated carbocycles.